The Hall–Kier alpha value is -1.50. The van der Waals surface area contributed by atoms with Gasteiger partial charge in [-0.3, -0.25) is 0 Å². The largest absolute Gasteiger partial charge is 0.496 e. The van der Waals surface area contributed by atoms with Crippen molar-refractivity contribution in [2.24, 2.45) is 0 Å². The lowest BCUT2D eigenvalue weighted by molar-refractivity contribution is 0.409. The van der Waals surface area contributed by atoms with Gasteiger partial charge in [0.1, 0.15) is 5.75 Å². The quantitative estimate of drug-likeness (QED) is 0.644. The topological polar surface area (TPSA) is 9.23 Å². The van der Waals surface area contributed by atoms with Crippen LogP contribution in [0.5, 0.6) is 5.75 Å². The van der Waals surface area contributed by atoms with Crippen molar-refractivity contribution in [2.45, 2.75) is 46.5 Å². The van der Waals surface area contributed by atoms with Gasteiger partial charge in [0.25, 0.3) is 0 Å². The van der Waals surface area contributed by atoms with Crippen molar-refractivity contribution in [3.05, 3.63) is 48.6 Å². The highest BCUT2D eigenvalue weighted by Crippen LogP contribution is 2.34. The van der Waals surface area contributed by atoms with Crippen LogP contribution in [0.4, 0.5) is 0 Å². The number of fused-ring (bicyclic) bond motifs is 1. The minimum absolute atomic E-state index is 1.02. The van der Waals surface area contributed by atoms with Gasteiger partial charge in [0.15, 0.2) is 0 Å². The molecular weight excluding hydrogens is 232 g/mol. The molecule has 2 rings (SSSR count). The van der Waals surface area contributed by atoms with Gasteiger partial charge in [0.2, 0.25) is 0 Å². The number of rotatable bonds is 2. The molecule has 0 aliphatic heterocycles. The number of methoxy groups -OCH3 is 1. The maximum Gasteiger partial charge on any atom is 0.122 e. The lowest BCUT2D eigenvalue weighted by atomic mass is 9.86. The van der Waals surface area contributed by atoms with Crippen LogP contribution >= 0.6 is 0 Å². The first-order chi connectivity index (χ1) is 9.26. The molecule has 0 saturated carbocycles. The third-order valence-electron chi connectivity index (χ3n) is 3.19. The second kappa shape index (κ2) is 9.43. The molecule has 0 spiro atoms. The second-order valence-electron chi connectivity index (χ2n) is 4.13. The van der Waals surface area contributed by atoms with Crippen molar-refractivity contribution in [1.82, 2.24) is 0 Å². The Bertz CT molecular complexity index is 404. The van der Waals surface area contributed by atoms with Crippen LogP contribution in [-0.2, 0) is 12.8 Å². The number of aryl methyl sites for hydroxylation is 2. The maximum atomic E-state index is 5.41. The molecule has 106 valence electrons. The highest BCUT2D eigenvalue weighted by Gasteiger charge is 2.15. The monoisotopic (exact) mass is 260 g/mol. The summed E-state index contributed by atoms with van der Waals surface area (Å²) in [6.45, 7) is 16.3. The molecule has 0 N–H and O–H groups in total. The van der Waals surface area contributed by atoms with E-state index in [0.717, 1.165) is 25.0 Å². The molecule has 1 aromatic rings. The molecule has 1 aliphatic rings. The van der Waals surface area contributed by atoms with Crippen LogP contribution in [0.2, 0.25) is 0 Å². The Labute approximate surface area is 119 Å². The van der Waals surface area contributed by atoms with Crippen molar-refractivity contribution in [2.75, 3.05) is 7.11 Å². The summed E-state index contributed by atoms with van der Waals surface area (Å²) in [6, 6.07) is 4.45. The molecule has 0 saturated heterocycles. The number of benzene rings is 1. The van der Waals surface area contributed by atoms with E-state index in [4.69, 9.17) is 4.74 Å². The standard InChI is InChI=1S/C14H18O.C2H6.C2H4/c1-4-11-8-13-10(2)6-5-7-12(13)9-14(11)15-3;2*1-2/h8-9H,2,4-7H2,1,3H3;1-2H3;1-2H2. The van der Waals surface area contributed by atoms with Crippen molar-refractivity contribution in [3.8, 4) is 5.75 Å². The number of ether oxygens (including phenoxy) is 1. The molecule has 1 aliphatic carbocycles. The fourth-order valence-electron chi connectivity index (χ4n) is 2.30. The van der Waals surface area contributed by atoms with E-state index in [1.165, 1.54) is 28.7 Å². The Morgan fingerprint density at radius 3 is 2.32 bits per heavy atom. The number of allylic oxidation sites excluding steroid dienone is 1. The lowest BCUT2D eigenvalue weighted by Crippen LogP contribution is -2.03. The van der Waals surface area contributed by atoms with E-state index in [2.05, 4.69) is 38.8 Å². The third-order valence-corrected chi connectivity index (χ3v) is 3.19. The van der Waals surface area contributed by atoms with Crippen LogP contribution in [0.15, 0.2) is 31.9 Å². The summed E-state index contributed by atoms with van der Waals surface area (Å²) in [5.41, 5.74) is 5.34. The molecule has 19 heavy (non-hydrogen) atoms. The van der Waals surface area contributed by atoms with Gasteiger partial charge in [0, 0.05) is 0 Å². The normalized spacial score (nSPS) is 12.3. The third kappa shape index (κ3) is 4.27. The average molecular weight is 260 g/mol. The van der Waals surface area contributed by atoms with Gasteiger partial charge in [-0.2, -0.15) is 0 Å². The van der Waals surface area contributed by atoms with Gasteiger partial charge in [-0.1, -0.05) is 27.4 Å². The first-order valence-corrected chi connectivity index (χ1v) is 7.14. The Balaban J connectivity index is 0.000000741. The molecular formula is C18H28O. The van der Waals surface area contributed by atoms with E-state index in [9.17, 15) is 0 Å². The van der Waals surface area contributed by atoms with E-state index in [1.807, 2.05) is 13.8 Å². The van der Waals surface area contributed by atoms with Crippen LogP contribution in [0.25, 0.3) is 5.57 Å². The fourth-order valence-corrected chi connectivity index (χ4v) is 2.30. The Morgan fingerprint density at radius 2 is 1.79 bits per heavy atom. The van der Waals surface area contributed by atoms with Crippen LogP contribution < -0.4 is 4.74 Å². The summed E-state index contributed by atoms with van der Waals surface area (Å²) in [7, 11) is 1.75. The highest BCUT2D eigenvalue weighted by molar-refractivity contribution is 5.70. The number of hydrogen-bond donors (Lipinski definition) is 0. The smallest absolute Gasteiger partial charge is 0.122 e. The van der Waals surface area contributed by atoms with Crippen molar-refractivity contribution in [3.63, 3.8) is 0 Å². The van der Waals surface area contributed by atoms with E-state index in [-0.39, 0.29) is 0 Å². The first-order valence-electron chi connectivity index (χ1n) is 7.14. The predicted molar refractivity (Wildman–Crippen MR) is 86.9 cm³/mol. The van der Waals surface area contributed by atoms with E-state index in [1.54, 1.807) is 7.11 Å². The Morgan fingerprint density at radius 1 is 1.16 bits per heavy atom. The van der Waals surface area contributed by atoms with Gasteiger partial charge in [-0.05, 0) is 60.1 Å². The van der Waals surface area contributed by atoms with Gasteiger partial charge in [0.05, 0.1) is 7.11 Å². The van der Waals surface area contributed by atoms with Crippen molar-refractivity contribution in [1.29, 1.82) is 0 Å². The minimum atomic E-state index is 1.02. The summed E-state index contributed by atoms with van der Waals surface area (Å²) < 4.78 is 5.41. The fraction of sp³-hybridized carbons (Fsp3) is 0.444. The molecule has 0 radical (unpaired) electrons. The summed E-state index contributed by atoms with van der Waals surface area (Å²) in [5, 5.41) is 0. The molecule has 0 bridgehead atoms. The average Bonchev–Trinajstić information content (AvgIpc) is 2.50. The number of hydrogen-bond acceptors (Lipinski definition) is 1. The zero-order valence-electron chi connectivity index (χ0n) is 13.0. The van der Waals surface area contributed by atoms with Gasteiger partial charge in [-0.25, -0.2) is 0 Å². The van der Waals surface area contributed by atoms with Crippen LogP contribution in [0, 0.1) is 0 Å². The van der Waals surface area contributed by atoms with Crippen LogP contribution in [-0.4, -0.2) is 7.11 Å². The van der Waals surface area contributed by atoms with Gasteiger partial charge >= 0.3 is 0 Å². The van der Waals surface area contributed by atoms with Crippen LogP contribution in [0.3, 0.4) is 0 Å². The minimum Gasteiger partial charge on any atom is -0.496 e. The van der Waals surface area contributed by atoms with Gasteiger partial charge in [-0.15, -0.1) is 13.2 Å². The molecule has 1 aromatic carbocycles. The molecule has 0 atom stereocenters. The summed E-state index contributed by atoms with van der Waals surface area (Å²) in [5.74, 6) is 1.03. The highest BCUT2D eigenvalue weighted by atomic mass is 16.5. The zero-order chi connectivity index (χ0) is 14.8. The summed E-state index contributed by atoms with van der Waals surface area (Å²) in [4.78, 5) is 0. The van der Waals surface area contributed by atoms with Gasteiger partial charge < -0.3 is 4.74 Å². The SMILES string of the molecule is C=C.C=C1CCCc2cc(OC)c(CC)cc21.CC. The van der Waals surface area contributed by atoms with Crippen molar-refractivity contribution < 1.29 is 4.74 Å². The molecule has 0 unspecified atom stereocenters. The Kier molecular flexibility index (Phi) is 8.69. The summed E-state index contributed by atoms with van der Waals surface area (Å²) >= 11 is 0. The van der Waals surface area contributed by atoms with E-state index >= 15 is 0 Å². The van der Waals surface area contributed by atoms with Crippen molar-refractivity contribution >= 4 is 5.57 Å². The predicted octanol–water partition coefficient (Wildman–Crippen LogP) is 5.44. The second-order valence-corrected chi connectivity index (χ2v) is 4.13. The molecule has 0 fully saturated rings. The summed E-state index contributed by atoms with van der Waals surface area (Å²) in [6.07, 6.45) is 4.54. The van der Waals surface area contributed by atoms with E-state index in [0.29, 0.717) is 0 Å². The molecule has 0 aromatic heterocycles. The lowest BCUT2D eigenvalue weighted by Gasteiger charge is -2.20. The van der Waals surface area contributed by atoms with Crippen LogP contribution in [0.1, 0.15) is 50.3 Å². The molecule has 0 amide bonds. The maximum absolute atomic E-state index is 5.41. The molecule has 0 heterocycles. The molecule has 1 nitrogen and oxygen atoms in total. The first kappa shape index (κ1) is 17.5. The zero-order valence-corrected chi connectivity index (χ0v) is 13.0. The molecule has 1 heteroatoms. The van der Waals surface area contributed by atoms with E-state index < -0.39 is 0 Å².